The smallest absolute Gasteiger partial charge is 0.117 e. The third-order valence-electron chi connectivity index (χ3n) is 4.03. The molecule has 18 heavy (non-hydrogen) atoms. The summed E-state index contributed by atoms with van der Waals surface area (Å²) in [5.41, 5.74) is 2.51. The van der Waals surface area contributed by atoms with Crippen molar-refractivity contribution in [1.29, 1.82) is 0 Å². The van der Waals surface area contributed by atoms with Gasteiger partial charge in [0, 0.05) is 24.7 Å². The Morgan fingerprint density at radius 1 is 1.39 bits per heavy atom. The van der Waals surface area contributed by atoms with Crippen molar-refractivity contribution in [2.75, 3.05) is 13.1 Å². The lowest BCUT2D eigenvalue weighted by Crippen LogP contribution is -2.28. The van der Waals surface area contributed by atoms with Gasteiger partial charge < -0.3 is 9.30 Å². The normalized spacial score (nSPS) is 21.2. The van der Waals surface area contributed by atoms with E-state index >= 15 is 0 Å². The molecule has 0 radical (unpaired) electrons. The maximum atomic E-state index is 4.65. The lowest BCUT2D eigenvalue weighted by molar-refractivity contribution is 0.272. The van der Waals surface area contributed by atoms with Crippen molar-refractivity contribution in [3.63, 3.8) is 0 Å². The van der Waals surface area contributed by atoms with E-state index in [4.69, 9.17) is 0 Å². The van der Waals surface area contributed by atoms with Crippen LogP contribution in [0.3, 0.4) is 0 Å². The predicted molar refractivity (Wildman–Crippen MR) is 74.0 cm³/mol. The van der Waals surface area contributed by atoms with Crippen molar-refractivity contribution in [3.05, 3.63) is 35.9 Å². The Morgan fingerprint density at radius 2 is 2.22 bits per heavy atom. The number of hydrogen-bond acceptors (Lipinski definition) is 2. The highest BCUT2D eigenvalue weighted by molar-refractivity contribution is 5.48. The van der Waals surface area contributed by atoms with Gasteiger partial charge in [-0.25, -0.2) is 4.98 Å². The van der Waals surface area contributed by atoms with E-state index in [-0.39, 0.29) is 0 Å². The third-order valence-corrected chi connectivity index (χ3v) is 4.03. The standard InChI is InChI=1S/C15H21N3/c1-11(2)17-6-5-13(10-17)15-16-9-14-8-12(3)4-7-18(14)15/h4,7-9,11,13H,5-6,10H2,1-3H3. The van der Waals surface area contributed by atoms with Crippen LogP contribution in [0, 0.1) is 6.92 Å². The van der Waals surface area contributed by atoms with Gasteiger partial charge in [0.25, 0.3) is 0 Å². The Bertz CT molecular complexity index is 556. The van der Waals surface area contributed by atoms with Crippen LogP contribution in [-0.2, 0) is 0 Å². The molecular weight excluding hydrogens is 222 g/mol. The fourth-order valence-corrected chi connectivity index (χ4v) is 2.90. The van der Waals surface area contributed by atoms with Gasteiger partial charge in [0.1, 0.15) is 5.82 Å². The molecular formula is C15H21N3. The van der Waals surface area contributed by atoms with E-state index in [1.807, 2.05) is 6.20 Å². The van der Waals surface area contributed by atoms with Gasteiger partial charge in [0.15, 0.2) is 0 Å². The molecule has 0 bridgehead atoms. The number of pyridine rings is 1. The Kier molecular flexibility index (Phi) is 2.86. The Labute approximate surface area is 108 Å². The van der Waals surface area contributed by atoms with E-state index in [2.05, 4.69) is 53.4 Å². The molecule has 1 unspecified atom stereocenters. The molecule has 0 N–H and O–H groups in total. The minimum Gasteiger partial charge on any atom is -0.303 e. The lowest BCUT2D eigenvalue weighted by Gasteiger charge is -2.19. The van der Waals surface area contributed by atoms with Crippen molar-refractivity contribution in [3.8, 4) is 0 Å². The summed E-state index contributed by atoms with van der Waals surface area (Å²) in [5, 5.41) is 0. The zero-order valence-electron chi connectivity index (χ0n) is 11.4. The van der Waals surface area contributed by atoms with Crippen LogP contribution in [-0.4, -0.2) is 33.4 Å². The van der Waals surface area contributed by atoms with E-state index in [9.17, 15) is 0 Å². The van der Waals surface area contributed by atoms with Crippen molar-refractivity contribution in [1.82, 2.24) is 14.3 Å². The Hall–Kier alpha value is -1.35. The average Bonchev–Trinajstić information content (AvgIpc) is 2.92. The summed E-state index contributed by atoms with van der Waals surface area (Å²) in [5.74, 6) is 1.81. The van der Waals surface area contributed by atoms with Gasteiger partial charge in [0.2, 0.25) is 0 Å². The number of nitrogens with zero attached hydrogens (tertiary/aromatic N) is 3. The number of aryl methyl sites for hydroxylation is 1. The van der Waals surface area contributed by atoms with E-state index in [1.165, 1.54) is 29.9 Å². The highest BCUT2D eigenvalue weighted by Gasteiger charge is 2.28. The number of imidazole rings is 1. The molecule has 1 aliphatic rings. The maximum Gasteiger partial charge on any atom is 0.117 e. The summed E-state index contributed by atoms with van der Waals surface area (Å²) in [6.07, 6.45) is 5.39. The molecule has 0 amide bonds. The summed E-state index contributed by atoms with van der Waals surface area (Å²) in [6.45, 7) is 9.02. The van der Waals surface area contributed by atoms with Gasteiger partial charge in [-0.1, -0.05) is 0 Å². The maximum absolute atomic E-state index is 4.65. The molecule has 0 aromatic carbocycles. The zero-order chi connectivity index (χ0) is 12.7. The second-order valence-corrected chi connectivity index (χ2v) is 5.69. The minimum atomic E-state index is 0.581. The summed E-state index contributed by atoms with van der Waals surface area (Å²) in [7, 11) is 0. The van der Waals surface area contributed by atoms with Gasteiger partial charge >= 0.3 is 0 Å². The molecule has 0 spiro atoms. The number of aromatic nitrogens is 2. The first-order valence-electron chi connectivity index (χ1n) is 6.83. The van der Waals surface area contributed by atoms with E-state index < -0.39 is 0 Å². The molecule has 3 heterocycles. The number of rotatable bonds is 2. The first-order chi connectivity index (χ1) is 8.65. The van der Waals surface area contributed by atoms with Crippen molar-refractivity contribution in [2.24, 2.45) is 0 Å². The van der Waals surface area contributed by atoms with Crippen molar-refractivity contribution < 1.29 is 0 Å². The highest BCUT2D eigenvalue weighted by Crippen LogP contribution is 2.28. The molecule has 1 aliphatic heterocycles. The summed E-state index contributed by atoms with van der Waals surface area (Å²) < 4.78 is 2.25. The molecule has 0 saturated carbocycles. The van der Waals surface area contributed by atoms with Gasteiger partial charge in [0.05, 0.1) is 11.7 Å². The summed E-state index contributed by atoms with van der Waals surface area (Å²) in [4.78, 5) is 7.19. The molecule has 1 saturated heterocycles. The topological polar surface area (TPSA) is 20.5 Å². The SMILES string of the molecule is Cc1ccn2c(C3CCN(C(C)C)C3)ncc2c1. The molecule has 0 aliphatic carbocycles. The van der Waals surface area contributed by atoms with E-state index in [0.29, 0.717) is 12.0 Å². The molecule has 3 rings (SSSR count). The monoisotopic (exact) mass is 243 g/mol. The third kappa shape index (κ3) is 1.93. The largest absolute Gasteiger partial charge is 0.303 e. The second kappa shape index (κ2) is 4.39. The van der Waals surface area contributed by atoms with Crippen LogP contribution in [0.4, 0.5) is 0 Å². The first kappa shape index (κ1) is 11.7. The van der Waals surface area contributed by atoms with Crippen LogP contribution in [0.2, 0.25) is 0 Å². The van der Waals surface area contributed by atoms with Crippen molar-refractivity contribution >= 4 is 5.52 Å². The second-order valence-electron chi connectivity index (χ2n) is 5.69. The van der Waals surface area contributed by atoms with Gasteiger partial charge in [-0.05, 0) is 51.4 Å². The van der Waals surface area contributed by atoms with Gasteiger partial charge in [-0.15, -0.1) is 0 Å². The van der Waals surface area contributed by atoms with E-state index in [0.717, 1.165) is 6.54 Å². The first-order valence-corrected chi connectivity index (χ1v) is 6.83. The highest BCUT2D eigenvalue weighted by atomic mass is 15.2. The number of likely N-dealkylation sites (tertiary alicyclic amines) is 1. The molecule has 1 atom stereocenters. The number of hydrogen-bond donors (Lipinski definition) is 0. The van der Waals surface area contributed by atoms with Crippen LogP contribution in [0.25, 0.3) is 5.52 Å². The van der Waals surface area contributed by atoms with Crippen LogP contribution in [0.5, 0.6) is 0 Å². The average molecular weight is 243 g/mol. The quantitative estimate of drug-likeness (QED) is 0.808. The van der Waals surface area contributed by atoms with Crippen LogP contribution >= 0.6 is 0 Å². The molecule has 96 valence electrons. The fraction of sp³-hybridized carbons (Fsp3) is 0.533. The molecule has 3 nitrogen and oxygen atoms in total. The van der Waals surface area contributed by atoms with Crippen molar-refractivity contribution in [2.45, 2.75) is 39.2 Å². The summed E-state index contributed by atoms with van der Waals surface area (Å²) >= 11 is 0. The molecule has 1 fully saturated rings. The molecule has 3 heteroatoms. The van der Waals surface area contributed by atoms with Crippen LogP contribution < -0.4 is 0 Å². The lowest BCUT2D eigenvalue weighted by atomic mass is 10.1. The van der Waals surface area contributed by atoms with Gasteiger partial charge in [-0.2, -0.15) is 0 Å². The van der Waals surface area contributed by atoms with E-state index in [1.54, 1.807) is 0 Å². The molecule has 2 aromatic rings. The molecule has 2 aromatic heterocycles. The summed E-state index contributed by atoms with van der Waals surface area (Å²) in [6, 6.07) is 5.00. The van der Waals surface area contributed by atoms with Gasteiger partial charge in [-0.3, -0.25) is 0 Å². The zero-order valence-corrected chi connectivity index (χ0v) is 11.4. The van der Waals surface area contributed by atoms with Crippen LogP contribution in [0.1, 0.15) is 37.6 Å². The predicted octanol–water partition coefficient (Wildman–Crippen LogP) is 2.84. The van der Waals surface area contributed by atoms with Crippen LogP contribution in [0.15, 0.2) is 24.5 Å². The Balaban J connectivity index is 1.91. The number of fused-ring (bicyclic) bond motifs is 1. The minimum absolute atomic E-state index is 0.581. The Morgan fingerprint density at radius 3 is 2.94 bits per heavy atom. The fourth-order valence-electron chi connectivity index (χ4n) is 2.90.